The monoisotopic (exact) mass is 272 g/mol. The summed E-state index contributed by atoms with van der Waals surface area (Å²) in [7, 11) is 1.85. The molecule has 5 heteroatoms. The lowest BCUT2D eigenvalue weighted by molar-refractivity contribution is -0.137. The van der Waals surface area contributed by atoms with Crippen LogP contribution in [0.2, 0.25) is 0 Å². The molecule has 1 aliphatic rings. The number of halogens is 3. The Balaban J connectivity index is 2.14. The maximum absolute atomic E-state index is 12.5. The Labute approximate surface area is 111 Å². The van der Waals surface area contributed by atoms with Gasteiger partial charge in [0.2, 0.25) is 0 Å². The van der Waals surface area contributed by atoms with E-state index in [1.165, 1.54) is 25.3 Å². The summed E-state index contributed by atoms with van der Waals surface area (Å²) in [5.74, 6) is 0.475. The van der Waals surface area contributed by atoms with Crippen LogP contribution in [0.3, 0.4) is 0 Å². The van der Waals surface area contributed by atoms with Crippen LogP contribution in [-0.2, 0) is 6.18 Å². The largest absolute Gasteiger partial charge is 0.417 e. The van der Waals surface area contributed by atoms with Crippen LogP contribution in [-0.4, -0.2) is 12.0 Å². The predicted octanol–water partition coefficient (Wildman–Crippen LogP) is 3.94. The molecule has 1 atom stereocenters. The average Bonchev–Trinajstić information content (AvgIpc) is 2.40. The van der Waals surface area contributed by atoms with Crippen molar-refractivity contribution in [2.75, 3.05) is 7.05 Å². The van der Waals surface area contributed by atoms with Gasteiger partial charge in [0.1, 0.15) is 0 Å². The predicted molar refractivity (Wildman–Crippen MR) is 67.6 cm³/mol. The molecule has 0 saturated heterocycles. The highest BCUT2D eigenvalue weighted by Gasteiger charge is 2.31. The van der Waals surface area contributed by atoms with Crippen LogP contribution in [0, 0.1) is 5.92 Å². The summed E-state index contributed by atoms with van der Waals surface area (Å²) in [6.07, 6.45) is 2.51. The van der Waals surface area contributed by atoms with Gasteiger partial charge in [-0.15, -0.1) is 0 Å². The Bertz CT molecular complexity index is 394. The van der Waals surface area contributed by atoms with Crippen LogP contribution < -0.4 is 5.32 Å². The van der Waals surface area contributed by atoms with Gasteiger partial charge in [0.05, 0.1) is 17.3 Å². The summed E-state index contributed by atoms with van der Waals surface area (Å²) >= 11 is 0. The van der Waals surface area contributed by atoms with E-state index in [9.17, 15) is 13.2 Å². The Kier molecular flexibility index (Phi) is 4.45. The van der Waals surface area contributed by atoms with Crippen molar-refractivity contribution >= 4 is 0 Å². The molecule has 1 fully saturated rings. The molecular weight excluding hydrogens is 253 g/mol. The topological polar surface area (TPSA) is 24.9 Å². The van der Waals surface area contributed by atoms with Gasteiger partial charge in [-0.25, -0.2) is 0 Å². The van der Waals surface area contributed by atoms with Crippen molar-refractivity contribution in [3.63, 3.8) is 0 Å². The number of nitrogens with one attached hydrogen (secondary N) is 1. The molecule has 0 aromatic carbocycles. The van der Waals surface area contributed by atoms with E-state index in [0.29, 0.717) is 11.6 Å². The number of rotatable bonds is 3. The van der Waals surface area contributed by atoms with Crippen LogP contribution in [0.4, 0.5) is 13.2 Å². The van der Waals surface area contributed by atoms with Crippen LogP contribution in [0.15, 0.2) is 18.3 Å². The van der Waals surface area contributed by atoms with E-state index >= 15 is 0 Å². The molecule has 0 aliphatic heterocycles. The molecule has 1 aromatic heterocycles. The fourth-order valence-corrected chi connectivity index (χ4v) is 2.85. The van der Waals surface area contributed by atoms with Crippen LogP contribution in [0.1, 0.15) is 49.4 Å². The third-order valence-electron chi connectivity index (χ3n) is 3.86. The van der Waals surface area contributed by atoms with E-state index in [4.69, 9.17) is 0 Å². The van der Waals surface area contributed by atoms with Gasteiger partial charge in [-0.05, 0) is 37.9 Å². The first kappa shape index (κ1) is 14.3. The van der Waals surface area contributed by atoms with Gasteiger partial charge in [-0.2, -0.15) is 13.2 Å². The quantitative estimate of drug-likeness (QED) is 0.901. The smallest absolute Gasteiger partial charge is 0.311 e. The number of pyridine rings is 1. The highest BCUT2D eigenvalue weighted by molar-refractivity contribution is 5.19. The lowest BCUT2D eigenvalue weighted by Crippen LogP contribution is -2.27. The summed E-state index contributed by atoms with van der Waals surface area (Å²) in [4.78, 5) is 4.01. The second kappa shape index (κ2) is 5.90. The van der Waals surface area contributed by atoms with Crippen molar-refractivity contribution in [3.05, 3.63) is 29.6 Å². The Morgan fingerprint density at radius 1 is 1.21 bits per heavy atom. The van der Waals surface area contributed by atoms with E-state index in [1.54, 1.807) is 0 Å². The summed E-state index contributed by atoms with van der Waals surface area (Å²) < 4.78 is 37.5. The molecule has 2 rings (SSSR count). The molecule has 19 heavy (non-hydrogen) atoms. The molecule has 106 valence electrons. The van der Waals surface area contributed by atoms with Gasteiger partial charge >= 0.3 is 6.18 Å². The number of nitrogens with zero attached hydrogens (tertiary/aromatic N) is 1. The average molecular weight is 272 g/mol. The molecule has 0 spiro atoms. The highest BCUT2D eigenvalue weighted by atomic mass is 19.4. The van der Waals surface area contributed by atoms with Crippen molar-refractivity contribution in [2.24, 2.45) is 5.92 Å². The van der Waals surface area contributed by atoms with Gasteiger partial charge in [0, 0.05) is 6.20 Å². The SMILES string of the molecule is CNC(c1ccc(C(F)(F)F)cn1)C1CCCCC1. The zero-order chi connectivity index (χ0) is 13.9. The molecule has 1 aliphatic carbocycles. The second-order valence-electron chi connectivity index (χ2n) is 5.13. The molecule has 0 amide bonds. The van der Waals surface area contributed by atoms with E-state index in [1.807, 2.05) is 7.05 Å². The molecule has 1 heterocycles. The van der Waals surface area contributed by atoms with E-state index < -0.39 is 11.7 Å². The number of hydrogen-bond donors (Lipinski definition) is 1. The van der Waals surface area contributed by atoms with Crippen LogP contribution in [0.25, 0.3) is 0 Å². The van der Waals surface area contributed by atoms with Gasteiger partial charge in [-0.1, -0.05) is 19.3 Å². The summed E-state index contributed by atoms with van der Waals surface area (Å²) in [5, 5.41) is 3.20. The Morgan fingerprint density at radius 3 is 2.37 bits per heavy atom. The zero-order valence-electron chi connectivity index (χ0n) is 11.0. The molecule has 1 unspecified atom stereocenters. The lowest BCUT2D eigenvalue weighted by atomic mass is 9.82. The minimum absolute atomic E-state index is 0.0579. The Morgan fingerprint density at radius 2 is 1.89 bits per heavy atom. The second-order valence-corrected chi connectivity index (χ2v) is 5.13. The summed E-state index contributed by atoms with van der Waals surface area (Å²) in [6.45, 7) is 0. The van der Waals surface area contributed by atoms with Crippen molar-refractivity contribution < 1.29 is 13.2 Å². The van der Waals surface area contributed by atoms with E-state index in [0.717, 1.165) is 25.1 Å². The molecule has 1 saturated carbocycles. The molecule has 0 bridgehead atoms. The number of alkyl halides is 3. The highest BCUT2D eigenvalue weighted by Crippen LogP contribution is 2.34. The first-order valence-electron chi connectivity index (χ1n) is 6.73. The molecule has 2 nitrogen and oxygen atoms in total. The van der Waals surface area contributed by atoms with Gasteiger partial charge in [0.25, 0.3) is 0 Å². The van der Waals surface area contributed by atoms with E-state index in [-0.39, 0.29) is 6.04 Å². The minimum Gasteiger partial charge on any atom is -0.311 e. The molecule has 1 N–H and O–H groups in total. The zero-order valence-corrected chi connectivity index (χ0v) is 11.0. The fourth-order valence-electron chi connectivity index (χ4n) is 2.85. The van der Waals surface area contributed by atoms with Crippen molar-refractivity contribution in [1.29, 1.82) is 0 Å². The maximum Gasteiger partial charge on any atom is 0.417 e. The first-order chi connectivity index (χ1) is 9.02. The van der Waals surface area contributed by atoms with Gasteiger partial charge < -0.3 is 5.32 Å². The third-order valence-corrected chi connectivity index (χ3v) is 3.86. The van der Waals surface area contributed by atoms with Crippen molar-refractivity contribution in [2.45, 2.75) is 44.3 Å². The molecular formula is C14H19F3N2. The number of aromatic nitrogens is 1. The van der Waals surface area contributed by atoms with Crippen LogP contribution in [0.5, 0.6) is 0 Å². The normalized spacial score (nSPS) is 19.4. The van der Waals surface area contributed by atoms with E-state index in [2.05, 4.69) is 10.3 Å². The van der Waals surface area contributed by atoms with Crippen LogP contribution >= 0.6 is 0 Å². The lowest BCUT2D eigenvalue weighted by Gasteiger charge is -2.29. The minimum atomic E-state index is -4.31. The third kappa shape index (κ3) is 3.47. The van der Waals surface area contributed by atoms with Crippen molar-refractivity contribution in [1.82, 2.24) is 10.3 Å². The van der Waals surface area contributed by atoms with Crippen molar-refractivity contribution in [3.8, 4) is 0 Å². The first-order valence-corrected chi connectivity index (χ1v) is 6.73. The maximum atomic E-state index is 12.5. The molecule has 0 radical (unpaired) electrons. The fraction of sp³-hybridized carbons (Fsp3) is 0.643. The standard InChI is InChI=1S/C14H19F3N2/c1-18-13(10-5-3-2-4-6-10)12-8-7-11(9-19-12)14(15,16)17/h7-10,13,18H,2-6H2,1H3. The molecule has 1 aromatic rings. The number of hydrogen-bond acceptors (Lipinski definition) is 2. The van der Waals surface area contributed by atoms with Gasteiger partial charge in [-0.3, -0.25) is 4.98 Å². The summed E-state index contributed by atoms with van der Waals surface area (Å²) in [6, 6.07) is 2.68. The van der Waals surface area contributed by atoms with Gasteiger partial charge in [0.15, 0.2) is 0 Å². The Hall–Kier alpha value is -1.10. The summed E-state index contributed by atoms with van der Waals surface area (Å²) in [5.41, 5.74) is 0.0251.